The van der Waals surface area contributed by atoms with Gasteiger partial charge >= 0.3 is 0 Å². The molecule has 1 N–H and O–H groups in total. The minimum absolute atomic E-state index is 0.198. The molecule has 20 heavy (non-hydrogen) atoms. The van der Waals surface area contributed by atoms with Gasteiger partial charge in [-0.2, -0.15) is 0 Å². The van der Waals surface area contributed by atoms with Gasteiger partial charge in [0.05, 0.1) is 14.2 Å². The van der Waals surface area contributed by atoms with Crippen molar-refractivity contribution in [2.75, 3.05) is 0 Å². The SMILES string of the molecule is CCCCCCCCCC/C=C(/C(O)CC)[Si](C)(C)C. The smallest absolute Gasteiger partial charge is 0.0753 e. The van der Waals surface area contributed by atoms with Crippen LogP contribution in [0.5, 0.6) is 0 Å². The highest BCUT2D eigenvalue weighted by molar-refractivity contribution is 6.83. The summed E-state index contributed by atoms with van der Waals surface area (Å²) in [4.78, 5) is 0. The number of allylic oxidation sites excluding steroid dienone is 1. The van der Waals surface area contributed by atoms with Crippen molar-refractivity contribution in [3.8, 4) is 0 Å². The molecule has 0 aromatic heterocycles. The highest BCUT2D eigenvalue weighted by Crippen LogP contribution is 2.21. The largest absolute Gasteiger partial charge is 0.389 e. The number of aliphatic hydroxyl groups is 1. The molecule has 120 valence electrons. The first-order valence-electron chi connectivity index (χ1n) is 8.82. The van der Waals surface area contributed by atoms with Crippen LogP contribution in [0.1, 0.15) is 78.1 Å². The van der Waals surface area contributed by atoms with E-state index >= 15 is 0 Å². The second-order valence-electron chi connectivity index (χ2n) is 7.10. The molecule has 0 aliphatic rings. The van der Waals surface area contributed by atoms with E-state index in [0.717, 1.165) is 12.8 Å². The Morgan fingerprint density at radius 2 is 1.40 bits per heavy atom. The van der Waals surface area contributed by atoms with Gasteiger partial charge in [-0.25, -0.2) is 0 Å². The molecule has 1 atom stereocenters. The van der Waals surface area contributed by atoms with Crippen LogP contribution in [0.3, 0.4) is 0 Å². The van der Waals surface area contributed by atoms with E-state index in [9.17, 15) is 5.11 Å². The van der Waals surface area contributed by atoms with Gasteiger partial charge in [-0.05, 0) is 19.3 Å². The van der Waals surface area contributed by atoms with Crippen LogP contribution in [0.25, 0.3) is 0 Å². The third-order valence-corrected chi connectivity index (χ3v) is 6.30. The van der Waals surface area contributed by atoms with Crippen LogP contribution >= 0.6 is 0 Å². The number of hydrogen-bond donors (Lipinski definition) is 1. The minimum atomic E-state index is -1.35. The Morgan fingerprint density at radius 3 is 1.85 bits per heavy atom. The predicted molar refractivity (Wildman–Crippen MR) is 95.0 cm³/mol. The fourth-order valence-corrected chi connectivity index (χ4v) is 4.66. The van der Waals surface area contributed by atoms with E-state index in [1.165, 1.54) is 56.6 Å². The van der Waals surface area contributed by atoms with Crippen LogP contribution in [0, 0.1) is 0 Å². The van der Waals surface area contributed by atoms with Crippen LogP contribution in [0.15, 0.2) is 11.3 Å². The van der Waals surface area contributed by atoms with Gasteiger partial charge < -0.3 is 5.11 Å². The summed E-state index contributed by atoms with van der Waals surface area (Å²) in [5.41, 5.74) is 0. The second-order valence-corrected chi connectivity index (χ2v) is 12.2. The number of unbranched alkanes of at least 4 members (excludes halogenated alkanes) is 8. The van der Waals surface area contributed by atoms with Gasteiger partial charge in [0.2, 0.25) is 0 Å². The number of aliphatic hydroxyl groups excluding tert-OH is 1. The van der Waals surface area contributed by atoms with E-state index in [4.69, 9.17) is 0 Å². The molecule has 1 nitrogen and oxygen atoms in total. The molecule has 0 aliphatic heterocycles. The fraction of sp³-hybridized carbons (Fsp3) is 0.889. The number of hydrogen-bond acceptors (Lipinski definition) is 1. The van der Waals surface area contributed by atoms with Crippen molar-refractivity contribution in [3.63, 3.8) is 0 Å². The maximum absolute atomic E-state index is 10.1. The first-order chi connectivity index (χ1) is 9.43. The van der Waals surface area contributed by atoms with E-state index in [0.29, 0.717) is 0 Å². The second kappa shape index (κ2) is 11.6. The first-order valence-corrected chi connectivity index (χ1v) is 12.3. The minimum Gasteiger partial charge on any atom is -0.389 e. The van der Waals surface area contributed by atoms with E-state index in [2.05, 4.69) is 39.6 Å². The lowest BCUT2D eigenvalue weighted by Gasteiger charge is -2.25. The Bertz CT molecular complexity index is 253. The molecular weight excluding hydrogens is 260 g/mol. The summed E-state index contributed by atoms with van der Waals surface area (Å²) in [5.74, 6) is 0. The van der Waals surface area contributed by atoms with Crippen LogP contribution in [0.2, 0.25) is 19.6 Å². The molecule has 0 amide bonds. The van der Waals surface area contributed by atoms with Gasteiger partial charge in [-0.3, -0.25) is 0 Å². The summed E-state index contributed by atoms with van der Waals surface area (Å²) in [7, 11) is -1.35. The topological polar surface area (TPSA) is 20.2 Å². The van der Waals surface area contributed by atoms with Gasteiger partial charge in [-0.1, -0.05) is 89.7 Å². The fourth-order valence-electron chi connectivity index (χ4n) is 2.70. The molecule has 0 fully saturated rings. The van der Waals surface area contributed by atoms with Crippen molar-refractivity contribution < 1.29 is 5.11 Å². The van der Waals surface area contributed by atoms with E-state index < -0.39 is 8.07 Å². The first kappa shape index (κ1) is 19.9. The Labute approximate surface area is 128 Å². The zero-order valence-corrected chi connectivity index (χ0v) is 15.7. The van der Waals surface area contributed by atoms with Crippen molar-refractivity contribution in [1.29, 1.82) is 0 Å². The maximum Gasteiger partial charge on any atom is 0.0753 e. The third kappa shape index (κ3) is 9.76. The molecule has 0 saturated heterocycles. The average Bonchev–Trinajstić information content (AvgIpc) is 2.39. The zero-order chi connectivity index (χ0) is 15.4. The lowest BCUT2D eigenvalue weighted by Crippen LogP contribution is -2.32. The van der Waals surface area contributed by atoms with E-state index in [-0.39, 0.29) is 6.10 Å². The molecule has 0 spiro atoms. The van der Waals surface area contributed by atoms with Gasteiger partial charge in [0.25, 0.3) is 0 Å². The highest BCUT2D eigenvalue weighted by atomic mass is 28.3. The van der Waals surface area contributed by atoms with Gasteiger partial charge in [-0.15, -0.1) is 0 Å². The summed E-state index contributed by atoms with van der Waals surface area (Å²) in [5, 5.41) is 11.5. The quantitative estimate of drug-likeness (QED) is 0.341. The van der Waals surface area contributed by atoms with Crippen molar-refractivity contribution >= 4 is 8.07 Å². The Hall–Kier alpha value is -0.0831. The third-order valence-electron chi connectivity index (χ3n) is 4.03. The van der Waals surface area contributed by atoms with Crippen molar-refractivity contribution in [3.05, 3.63) is 11.3 Å². The van der Waals surface area contributed by atoms with Crippen LogP contribution < -0.4 is 0 Å². The molecular formula is C18H38OSi. The summed E-state index contributed by atoms with van der Waals surface area (Å²) >= 11 is 0. The Kier molecular flexibility index (Phi) is 11.5. The van der Waals surface area contributed by atoms with Gasteiger partial charge in [0, 0.05) is 0 Å². The lowest BCUT2D eigenvalue weighted by molar-refractivity contribution is 0.212. The molecule has 0 saturated carbocycles. The molecule has 1 unspecified atom stereocenters. The predicted octanol–water partition coefficient (Wildman–Crippen LogP) is 6.09. The molecule has 0 heterocycles. The maximum atomic E-state index is 10.1. The van der Waals surface area contributed by atoms with Gasteiger partial charge in [0.1, 0.15) is 0 Å². The van der Waals surface area contributed by atoms with E-state index in [1.807, 2.05) is 0 Å². The summed E-state index contributed by atoms with van der Waals surface area (Å²) in [6, 6.07) is 0. The van der Waals surface area contributed by atoms with Crippen LogP contribution in [0.4, 0.5) is 0 Å². The van der Waals surface area contributed by atoms with Crippen molar-refractivity contribution in [2.24, 2.45) is 0 Å². The molecule has 0 aliphatic carbocycles. The normalized spacial score (nSPS) is 14.6. The number of rotatable bonds is 12. The molecule has 0 aromatic rings. The monoisotopic (exact) mass is 298 g/mol. The molecule has 2 heteroatoms. The molecule has 0 rings (SSSR count). The highest BCUT2D eigenvalue weighted by Gasteiger charge is 2.24. The van der Waals surface area contributed by atoms with Crippen LogP contribution in [-0.2, 0) is 0 Å². The Balaban J connectivity index is 3.84. The summed E-state index contributed by atoms with van der Waals surface area (Å²) in [6.07, 6.45) is 15.2. The Morgan fingerprint density at radius 1 is 0.900 bits per heavy atom. The van der Waals surface area contributed by atoms with Crippen molar-refractivity contribution in [2.45, 2.75) is 104 Å². The van der Waals surface area contributed by atoms with Crippen molar-refractivity contribution in [1.82, 2.24) is 0 Å². The summed E-state index contributed by atoms with van der Waals surface area (Å²) < 4.78 is 0. The standard InChI is InChI=1S/C18H38OSi/c1-6-8-9-10-11-12-13-14-15-16-18(17(19)7-2)20(3,4)5/h16-17,19H,6-15H2,1-5H3/b18-16-. The van der Waals surface area contributed by atoms with E-state index in [1.54, 1.807) is 0 Å². The molecule has 0 aromatic carbocycles. The average molecular weight is 299 g/mol. The lowest BCUT2D eigenvalue weighted by atomic mass is 10.1. The molecule has 0 bridgehead atoms. The molecule has 0 radical (unpaired) electrons. The zero-order valence-electron chi connectivity index (χ0n) is 14.7. The van der Waals surface area contributed by atoms with Crippen LogP contribution in [-0.4, -0.2) is 19.3 Å². The van der Waals surface area contributed by atoms with Gasteiger partial charge in [0.15, 0.2) is 0 Å². The summed E-state index contributed by atoms with van der Waals surface area (Å²) in [6.45, 7) is 11.4.